The third-order valence-corrected chi connectivity index (χ3v) is 18.1. The van der Waals surface area contributed by atoms with Gasteiger partial charge in [-0.15, -0.1) is 0 Å². The van der Waals surface area contributed by atoms with Crippen molar-refractivity contribution in [2.24, 2.45) is 0 Å². The van der Waals surface area contributed by atoms with Crippen LogP contribution in [-0.4, -0.2) is 12.6 Å². The Morgan fingerprint density at radius 2 is 0.862 bits per heavy atom. The average Bonchev–Trinajstić information content (AvgIpc) is 3.74. The lowest BCUT2D eigenvalue weighted by molar-refractivity contribution is 1.18. The molecule has 0 aliphatic heterocycles. The minimum absolute atomic E-state index is 1.09. The first-order valence-electron chi connectivity index (χ1n) is 22.4. The van der Waals surface area contributed by atoms with Crippen molar-refractivity contribution in [2.75, 3.05) is 4.90 Å². The van der Waals surface area contributed by atoms with E-state index >= 15 is 0 Å². The number of aromatic nitrogens is 1. The Kier molecular flexibility index (Phi) is 9.55. The lowest BCUT2D eigenvalue weighted by Gasteiger charge is -2.35. The van der Waals surface area contributed by atoms with Gasteiger partial charge in [0.05, 0.1) is 16.7 Å². The van der Waals surface area contributed by atoms with Gasteiger partial charge in [-0.05, 0) is 96.6 Å². The van der Waals surface area contributed by atoms with E-state index in [1.807, 2.05) is 0 Å². The summed E-state index contributed by atoms with van der Waals surface area (Å²) in [5, 5.41) is 12.7. The predicted octanol–water partition coefficient (Wildman–Crippen LogP) is 13.6. The molecular formula is C62H44N2Si. The molecule has 0 aliphatic rings. The molecule has 0 N–H and O–H groups in total. The van der Waals surface area contributed by atoms with Crippen LogP contribution >= 0.6 is 0 Å². The van der Waals surface area contributed by atoms with Gasteiger partial charge >= 0.3 is 0 Å². The highest BCUT2D eigenvalue weighted by molar-refractivity contribution is 7.19. The van der Waals surface area contributed by atoms with Gasteiger partial charge < -0.3 is 9.47 Å². The number of hydrogen-bond donors (Lipinski definition) is 0. The summed E-state index contributed by atoms with van der Waals surface area (Å²) in [6.45, 7) is 0. The van der Waals surface area contributed by atoms with Crippen LogP contribution in [0.4, 0.5) is 17.1 Å². The van der Waals surface area contributed by atoms with E-state index < -0.39 is 8.07 Å². The second-order valence-corrected chi connectivity index (χ2v) is 20.6. The minimum Gasteiger partial charge on any atom is -0.310 e. The summed E-state index contributed by atoms with van der Waals surface area (Å²) in [5.74, 6) is 0. The van der Waals surface area contributed by atoms with Crippen LogP contribution in [0.3, 0.4) is 0 Å². The molecule has 12 rings (SSSR count). The van der Waals surface area contributed by atoms with Crippen molar-refractivity contribution in [3.05, 3.63) is 267 Å². The molecule has 0 fully saturated rings. The van der Waals surface area contributed by atoms with Gasteiger partial charge in [-0.2, -0.15) is 0 Å². The molecule has 12 aromatic rings. The quantitative estimate of drug-likeness (QED) is 0.104. The van der Waals surface area contributed by atoms with E-state index in [-0.39, 0.29) is 0 Å². The molecule has 1 heterocycles. The van der Waals surface area contributed by atoms with Crippen molar-refractivity contribution in [1.29, 1.82) is 0 Å². The molecule has 0 unspecified atom stereocenters. The van der Waals surface area contributed by atoms with Crippen molar-refractivity contribution < 1.29 is 0 Å². The zero-order valence-corrected chi connectivity index (χ0v) is 36.8. The number of rotatable bonds is 9. The Balaban J connectivity index is 1.15. The lowest BCUT2D eigenvalue weighted by Crippen LogP contribution is -2.74. The van der Waals surface area contributed by atoms with Crippen LogP contribution < -0.4 is 25.6 Å². The molecule has 0 saturated carbocycles. The predicted molar refractivity (Wildman–Crippen MR) is 280 cm³/mol. The van der Waals surface area contributed by atoms with Crippen molar-refractivity contribution in [3.63, 3.8) is 0 Å². The van der Waals surface area contributed by atoms with Gasteiger partial charge in [0.2, 0.25) is 0 Å². The van der Waals surface area contributed by atoms with Crippen LogP contribution in [0.15, 0.2) is 267 Å². The van der Waals surface area contributed by atoms with Crippen LogP contribution in [0.2, 0.25) is 0 Å². The highest BCUT2D eigenvalue weighted by atomic mass is 28.3. The summed E-state index contributed by atoms with van der Waals surface area (Å²) in [6.07, 6.45) is 0. The zero-order chi connectivity index (χ0) is 43.2. The van der Waals surface area contributed by atoms with Gasteiger partial charge in [0, 0.05) is 33.2 Å². The molecule has 11 aromatic carbocycles. The molecule has 0 amide bonds. The molecule has 2 nitrogen and oxygen atoms in total. The summed E-state index contributed by atoms with van der Waals surface area (Å²) in [5.41, 5.74) is 9.24. The monoisotopic (exact) mass is 844 g/mol. The van der Waals surface area contributed by atoms with Gasteiger partial charge in [-0.3, -0.25) is 0 Å². The first-order chi connectivity index (χ1) is 32.3. The van der Waals surface area contributed by atoms with E-state index in [1.54, 1.807) is 0 Å². The Hall–Kier alpha value is -8.24. The molecule has 306 valence electrons. The Morgan fingerprint density at radius 1 is 0.338 bits per heavy atom. The third kappa shape index (κ3) is 6.39. The maximum atomic E-state index is 2.50. The van der Waals surface area contributed by atoms with Crippen molar-refractivity contribution in [2.45, 2.75) is 0 Å². The van der Waals surface area contributed by atoms with Crippen molar-refractivity contribution in [1.82, 2.24) is 4.57 Å². The van der Waals surface area contributed by atoms with Crippen molar-refractivity contribution >= 4 is 89.2 Å². The molecule has 65 heavy (non-hydrogen) atoms. The molecule has 0 atom stereocenters. The normalized spacial score (nSPS) is 11.7. The number of fused-ring (bicyclic) bond motifs is 6. The summed E-state index contributed by atoms with van der Waals surface area (Å²) in [4.78, 5) is 2.50. The Morgan fingerprint density at radius 3 is 1.52 bits per heavy atom. The third-order valence-electron chi connectivity index (χ3n) is 13.3. The molecule has 0 saturated heterocycles. The second-order valence-electron chi connectivity index (χ2n) is 16.8. The summed E-state index contributed by atoms with van der Waals surface area (Å²) < 4.78 is 2.47. The first-order valence-corrected chi connectivity index (χ1v) is 24.4. The van der Waals surface area contributed by atoms with E-state index in [0.29, 0.717) is 0 Å². The highest BCUT2D eigenvalue weighted by Crippen LogP contribution is 2.45. The van der Waals surface area contributed by atoms with E-state index in [9.17, 15) is 0 Å². The van der Waals surface area contributed by atoms with Crippen LogP contribution in [0.1, 0.15) is 0 Å². The minimum atomic E-state index is -2.86. The molecule has 0 aliphatic carbocycles. The fourth-order valence-electron chi connectivity index (χ4n) is 10.5. The standard InChI is InChI=1S/C62H44N2Si/c1-5-23-48(24-6-1)64-60-37-19-36-59(61(60)58-43-40-46-21-14-16-34-57(46)62(58)64)63(49-41-38-47(39-42-49)56-35-17-22-45-20-13-15-33-55(45)56)50-25-18-32-54(44-50)65(51-26-7-2-8-27-51,52-28-9-3-10-29-52)53-30-11-4-12-31-53/h1-44H. The van der Waals surface area contributed by atoms with Gasteiger partial charge in [-0.25, -0.2) is 0 Å². The van der Waals surface area contributed by atoms with Crippen LogP contribution in [0.5, 0.6) is 0 Å². The number of para-hydroxylation sites is 1. The Bertz CT molecular complexity index is 3540. The average molecular weight is 845 g/mol. The van der Waals surface area contributed by atoms with E-state index in [4.69, 9.17) is 0 Å². The summed E-state index contributed by atoms with van der Waals surface area (Å²) in [7, 11) is -2.86. The fraction of sp³-hybridized carbons (Fsp3) is 0. The smallest absolute Gasteiger partial charge is 0.179 e. The number of hydrogen-bond acceptors (Lipinski definition) is 1. The van der Waals surface area contributed by atoms with Crippen LogP contribution in [0.25, 0.3) is 60.2 Å². The zero-order valence-electron chi connectivity index (χ0n) is 35.8. The van der Waals surface area contributed by atoms with Crippen LogP contribution in [0, 0.1) is 0 Å². The largest absolute Gasteiger partial charge is 0.310 e. The molecule has 0 radical (unpaired) electrons. The second kappa shape index (κ2) is 16.1. The first kappa shape index (κ1) is 38.4. The van der Waals surface area contributed by atoms with Crippen molar-refractivity contribution in [3.8, 4) is 16.8 Å². The molecule has 3 heteroatoms. The van der Waals surface area contributed by atoms with E-state index in [1.165, 1.54) is 69.7 Å². The number of nitrogens with zero attached hydrogens (tertiary/aromatic N) is 2. The molecule has 0 spiro atoms. The lowest BCUT2D eigenvalue weighted by atomic mass is 9.98. The summed E-state index contributed by atoms with van der Waals surface area (Å²) >= 11 is 0. The molecular weight excluding hydrogens is 801 g/mol. The SMILES string of the molecule is c1ccc(-n2c3cccc(N(c4ccc(-c5cccc6ccccc56)cc4)c4cccc([Si](c5ccccc5)(c5ccccc5)c5ccccc5)c4)c3c3ccc4ccccc4c32)cc1. The topological polar surface area (TPSA) is 8.17 Å². The maximum absolute atomic E-state index is 2.86. The van der Waals surface area contributed by atoms with E-state index in [0.717, 1.165) is 28.3 Å². The fourth-order valence-corrected chi connectivity index (χ4v) is 15.3. The van der Waals surface area contributed by atoms with E-state index in [2.05, 4.69) is 276 Å². The summed E-state index contributed by atoms with van der Waals surface area (Å²) in [6, 6.07) is 98.6. The number of anilines is 3. The van der Waals surface area contributed by atoms with Gasteiger partial charge in [0.1, 0.15) is 0 Å². The highest BCUT2D eigenvalue weighted by Gasteiger charge is 2.41. The van der Waals surface area contributed by atoms with Crippen LogP contribution in [-0.2, 0) is 0 Å². The van der Waals surface area contributed by atoms with Gasteiger partial charge in [0.25, 0.3) is 0 Å². The molecule has 1 aromatic heterocycles. The van der Waals surface area contributed by atoms with Gasteiger partial charge in [0.15, 0.2) is 8.07 Å². The maximum Gasteiger partial charge on any atom is 0.179 e. The van der Waals surface area contributed by atoms with Gasteiger partial charge in [-0.1, -0.05) is 218 Å². The molecule has 0 bridgehead atoms. The Labute approximate surface area is 380 Å². The number of benzene rings is 11.